The molecule has 0 aliphatic rings. The lowest BCUT2D eigenvalue weighted by Gasteiger charge is -2.31. The Morgan fingerprint density at radius 2 is 1.78 bits per heavy atom. The molecule has 0 saturated heterocycles. The van der Waals surface area contributed by atoms with E-state index in [-0.39, 0.29) is 12.0 Å². The normalized spacial score (nSPS) is 11.1. The van der Waals surface area contributed by atoms with Gasteiger partial charge in [-0.1, -0.05) is 6.92 Å². The van der Waals surface area contributed by atoms with Gasteiger partial charge in [0.25, 0.3) is 0 Å². The first-order valence-corrected chi connectivity index (χ1v) is 5.41. The fourth-order valence-electron chi connectivity index (χ4n) is 1.46. The van der Waals surface area contributed by atoms with E-state index in [1.54, 1.807) is 13.0 Å². The van der Waals surface area contributed by atoms with Gasteiger partial charge < -0.3 is 15.5 Å². The van der Waals surface area contributed by atoms with Crippen molar-refractivity contribution in [2.45, 2.75) is 18.9 Å². The first-order valence-electron chi connectivity index (χ1n) is 5.41. The molecule has 0 aliphatic heterocycles. The Hall–Kier alpha value is -1.71. The van der Waals surface area contributed by atoms with Crippen LogP contribution in [0.5, 0.6) is 0 Å². The van der Waals surface area contributed by atoms with Crippen LogP contribution in [0.1, 0.15) is 18.9 Å². The summed E-state index contributed by atoms with van der Waals surface area (Å²) in [5, 5.41) is 29.4. The van der Waals surface area contributed by atoms with Crippen molar-refractivity contribution in [2.24, 2.45) is 0 Å². The topological polar surface area (TPSA) is 76.3 Å². The van der Waals surface area contributed by atoms with Gasteiger partial charge >= 0.3 is 0 Å². The molecular weight excluding hydrogens is 242 g/mol. The summed E-state index contributed by atoms with van der Waals surface area (Å²) in [7, 11) is 0. The van der Waals surface area contributed by atoms with Gasteiger partial charge in [0.1, 0.15) is 5.69 Å². The molecule has 0 atom stereocenters. The van der Waals surface area contributed by atoms with Crippen molar-refractivity contribution in [1.29, 1.82) is 5.26 Å². The number of nitrogens with zero attached hydrogens (tertiary/aromatic N) is 1. The summed E-state index contributed by atoms with van der Waals surface area (Å²) in [6, 6.07) is 3.41. The summed E-state index contributed by atoms with van der Waals surface area (Å²) in [5.74, 6) is -1.88. The van der Waals surface area contributed by atoms with Crippen molar-refractivity contribution < 1.29 is 19.0 Å². The van der Waals surface area contributed by atoms with Crippen molar-refractivity contribution in [3.63, 3.8) is 0 Å². The van der Waals surface area contributed by atoms with E-state index < -0.39 is 36.1 Å². The summed E-state index contributed by atoms with van der Waals surface area (Å²) in [5.41, 5.74) is -1.79. The minimum absolute atomic E-state index is 0.134. The number of benzene rings is 1. The highest BCUT2D eigenvalue weighted by atomic mass is 19.1. The Labute approximate surface area is 103 Å². The molecule has 0 spiro atoms. The number of nitrogens with one attached hydrogen (secondary N) is 1. The molecule has 4 nitrogen and oxygen atoms in total. The summed E-state index contributed by atoms with van der Waals surface area (Å²) >= 11 is 0. The highest BCUT2D eigenvalue weighted by Gasteiger charge is 2.28. The van der Waals surface area contributed by atoms with Gasteiger partial charge in [0, 0.05) is 0 Å². The predicted molar refractivity (Wildman–Crippen MR) is 61.9 cm³/mol. The van der Waals surface area contributed by atoms with Crippen LogP contribution in [0.25, 0.3) is 0 Å². The molecule has 6 heteroatoms. The third-order valence-electron chi connectivity index (χ3n) is 2.84. The van der Waals surface area contributed by atoms with Gasteiger partial charge in [0.15, 0.2) is 11.6 Å². The summed E-state index contributed by atoms with van der Waals surface area (Å²) in [6.45, 7) is 0.719. The fraction of sp³-hybridized carbons (Fsp3) is 0.417. The number of halogens is 2. The second-order valence-electron chi connectivity index (χ2n) is 4.00. The molecule has 1 aromatic rings. The third kappa shape index (κ3) is 2.75. The van der Waals surface area contributed by atoms with Crippen LogP contribution < -0.4 is 5.32 Å². The van der Waals surface area contributed by atoms with E-state index in [1.165, 1.54) is 0 Å². The number of rotatable bonds is 5. The SMILES string of the molecule is CCC(CO)(CO)Nc1c(F)cc(C#N)cc1F. The van der Waals surface area contributed by atoms with E-state index in [9.17, 15) is 19.0 Å². The minimum Gasteiger partial charge on any atom is -0.394 e. The van der Waals surface area contributed by atoms with Crippen molar-refractivity contribution >= 4 is 5.69 Å². The van der Waals surface area contributed by atoms with Crippen molar-refractivity contribution in [3.8, 4) is 6.07 Å². The van der Waals surface area contributed by atoms with Crippen LogP contribution in [0.15, 0.2) is 12.1 Å². The van der Waals surface area contributed by atoms with Gasteiger partial charge in [0.05, 0.1) is 30.4 Å². The number of aliphatic hydroxyl groups excluding tert-OH is 2. The van der Waals surface area contributed by atoms with Gasteiger partial charge in [-0.05, 0) is 18.6 Å². The number of hydrogen-bond acceptors (Lipinski definition) is 4. The van der Waals surface area contributed by atoms with Gasteiger partial charge in [-0.2, -0.15) is 5.26 Å². The molecule has 0 aliphatic carbocycles. The zero-order valence-corrected chi connectivity index (χ0v) is 9.87. The minimum atomic E-state index is -1.20. The molecule has 18 heavy (non-hydrogen) atoms. The highest BCUT2D eigenvalue weighted by molar-refractivity contribution is 5.52. The second kappa shape index (κ2) is 5.76. The zero-order valence-electron chi connectivity index (χ0n) is 9.87. The summed E-state index contributed by atoms with van der Waals surface area (Å²) in [6.07, 6.45) is 0.277. The van der Waals surface area contributed by atoms with Crippen LogP contribution in [0.3, 0.4) is 0 Å². The van der Waals surface area contributed by atoms with E-state index in [1.807, 2.05) is 0 Å². The Bertz CT molecular complexity index is 436. The standard InChI is InChI=1S/C12H14F2N2O2/c1-2-12(6-17,7-18)16-11-9(13)3-8(5-15)4-10(11)14/h3-4,16-18H,2,6-7H2,1H3. The van der Waals surface area contributed by atoms with Crippen LogP contribution in [0.2, 0.25) is 0 Å². The molecule has 0 fully saturated rings. The van der Waals surface area contributed by atoms with E-state index in [2.05, 4.69) is 5.32 Å². The number of nitriles is 1. The molecule has 0 aromatic heterocycles. The lowest BCUT2D eigenvalue weighted by molar-refractivity contribution is 0.132. The molecule has 0 radical (unpaired) electrons. The smallest absolute Gasteiger partial charge is 0.150 e. The third-order valence-corrected chi connectivity index (χ3v) is 2.84. The predicted octanol–water partition coefficient (Wildman–Crippen LogP) is 1.38. The molecule has 1 rings (SSSR count). The average Bonchev–Trinajstić information content (AvgIpc) is 2.39. The number of aliphatic hydroxyl groups is 2. The summed E-state index contributed by atoms with van der Waals surface area (Å²) in [4.78, 5) is 0. The molecule has 0 unspecified atom stereocenters. The van der Waals surface area contributed by atoms with Crippen LogP contribution in [0.4, 0.5) is 14.5 Å². The zero-order chi connectivity index (χ0) is 13.8. The number of hydrogen-bond donors (Lipinski definition) is 3. The van der Waals surface area contributed by atoms with E-state index in [0.29, 0.717) is 0 Å². The van der Waals surface area contributed by atoms with Crippen molar-refractivity contribution in [1.82, 2.24) is 0 Å². The Kier molecular flexibility index (Phi) is 4.59. The van der Waals surface area contributed by atoms with Gasteiger partial charge in [-0.15, -0.1) is 0 Å². The second-order valence-corrected chi connectivity index (χ2v) is 4.00. The molecule has 0 amide bonds. The van der Waals surface area contributed by atoms with Crippen LogP contribution >= 0.6 is 0 Å². The Morgan fingerprint density at radius 3 is 2.11 bits per heavy atom. The Morgan fingerprint density at radius 1 is 1.28 bits per heavy atom. The summed E-state index contributed by atoms with van der Waals surface area (Å²) < 4.78 is 27.2. The highest BCUT2D eigenvalue weighted by Crippen LogP contribution is 2.25. The van der Waals surface area contributed by atoms with Crippen LogP contribution in [0, 0.1) is 23.0 Å². The molecule has 1 aromatic carbocycles. The first kappa shape index (κ1) is 14.4. The van der Waals surface area contributed by atoms with E-state index >= 15 is 0 Å². The molecular formula is C12H14F2N2O2. The van der Waals surface area contributed by atoms with Crippen LogP contribution in [-0.4, -0.2) is 29.0 Å². The molecule has 98 valence electrons. The molecule has 3 N–H and O–H groups in total. The average molecular weight is 256 g/mol. The van der Waals surface area contributed by atoms with E-state index in [4.69, 9.17) is 5.26 Å². The van der Waals surface area contributed by atoms with Crippen LogP contribution in [-0.2, 0) is 0 Å². The van der Waals surface area contributed by atoms with Gasteiger partial charge in [0.2, 0.25) is 0 Å². The maximum Gasteiger partial charge on any atom is 0.150 e. The van der Waals surface area contributed by atoms with Crippen molar-refractivity contribution in [3.05, 3.63) is 29.3 Å². The lowest BCUT2D eigenvalue weighted by atomic mass is 9.97. The lowest BCUT2D eigenvalue weighted by Crippen LogP contribution is -2.45. The molecule has 0 saturated carbocycles. The van der Waals surface area contributed by atoms with Crippen molar-refractivity contribution in [2.75, 3.05) is 18.5 Å². The van der Waals surface area contributed by atoms with E-state index in [0.717, 1.165) is 12.1 Å². The maximum atomic E-state index is 13.6. The first-order chi connectivity index (χ1) is 8.51. The fourth-order valence-corrected chi connectivity index (χ4v) is 1.46. The monoisotopic (exact) mass is 256 g/mol. The largest absolute Gasteiger partial charge is 0.394 e. The number of anilines is 1. The van der Waals surface area contributed by atoms with Gasteiger partial charge in [-0.25, -0.2) is 8.78 Å². The molecule has 0 heterocycles. The maximum absolute atomic E-state index is 13.6. The van der Waals surface area contributed by atoms with Gasteiger partial charge in [-0.3, -0.25) is 0 Å². The quantitative estimate of drug-likeness (QED) is 0.744. The molecule has 0 bridgehead atoms. The Balaban J connectivity index is 3.15.